The number of anilines is 1. The zero-order chi connectivity index (χ0) is 13.1. The van der Waals surface area contributed by atoms with Crippen LogP contribution in [0.15, 0.2) is 24.4 Å². The number of nitrogens with two attached hydrogens (primary N) is 1. The number of hydrogen-bond donors (Lipinski definition) is 1. The lowest BCUT2D eigenvalue weighted by atomic mass is 10.1. The molecule has 0 radical (unpaired) electrons. The Hall–Kier alpha value is -1.97. The predicted molar refractivity (Wildman–Crippen MR) is 73.7 cm³/mol. The van der Waals surface area contributed by atoms with Crippen LogP contribution in [-0.2, 0) is 6.54 Å². The Balaban J connectivity index is 2.39. The highest BCUT2D eigenvalue weighted by Gasteiger charge is 2.09. The Morgan fingerprint density at radius 3 is 2.78 bits per heavy atom. The second-order valence-corrected chi connectivity index (χ2v) is 4.32. The number of nitrogen functional groups attached to an aromatic ring is 1. The van der Waals surface area contributed by atoms with Crippen LogP contribution in [0.5, 0.6) is 5.75 Å². The summed E-state index contributed by atoms with van der Waals surface area (Å²) in [5.74, 6) is 0.706. The maximum Gasteiger partial charge on any atom is 0.141 e. The highest BCUT2D eigenvalue weighted by molar-refractivity contribution is 5.71. The van der Waals surface area contributed by atoms with E-state index in [2.05, 4.69) is 18.9 Å². The summed E-state index contributed by atoms with van der Waals surface area (Å²) >= 11 is 0. The Kier molecular flexibility index (Phi) is 3.55. The number of rotatable bonds is 4. The summed E-state index contributed by atoms with van der Waals surface area (Å²) in [6.07, 6.45) is 2.97. The fourth-order valence-corrected chi connectivity index (χ4v) is 2.07. The van der Waals surface area contributed by atoms with Crippen molar-refractivity contribution in [3.8, 4) is 16.9 Å². The Bertz CT molecular complexity index is 546. The van der Waals surface area contributed by atoms with E-state index in [9.17, 15) is 0 Å². The van der Waals surface area contributed by atoms with Crippen LogP contribution in [0.4, 0.5) is 5.69 Å². The van der Waals surface area contributed by atoms with Gasteiger partial charge >= 0.3 is 0 Å². The molecule has 0 aliphatic carbocycles. The lowest BCUT2D eigenvalue weighted by Crippen LogP contribution is -2.01. The Morgan fingerprint density at radius 1 is 1.39 bits per heavy atom. The summed E-state index contributed by atoms with van der Waals surface area (Å²) in [4.78, 5) is 0. The maximum absolute atomic E-state index is 5.93. The van der Waals surface area contributed by atoms with Gasteiger partial charge in [-0.1, -0.05) is 13.0 Å². The second kappa shape index (κ2) is 5.12. The van der Waals surface area contributed by atoms with Gasteiger partial charge in [0, 0.05) is 17.8 Å². The SMILES string of the molecule is CCCn1ncc(-c2ccc(OC)c(N)c2)c1C. The Morgan fingerprint density at radius 2 is 2.17 bits per heavy atom. The molecule has 4 nitrogen and oxygen atoms in total. The molecule has 0 aliphatic heterocycles. The van der Waals surface area contributed by atoms with E-state index >= 15 is 0 Å². The summed E-state index contributed by atoms with van der Waals surface area (Å²) in [6.45, 7) is 5.17. The molecule has 2 aromatic rings. The first-order valence-electron chi connectivity index (χ1n) is 6.13. The van der Waals surface area contributed by atoms with E-state index in [1.807, 2.05) is 29.1 Å². The standard InChI is InChI=1S/C14H19N3O/c1-4-7-17-10(2)12(9-16-17)11-5-6-14(18-3)13(15)8-11/h5-6,8-9H,4,7,15H2,1-3H3. The molecule has 0 unspecified atom stereocenters. The first-order valence-corrected chi connectivity index (χ1v) is 6.13. The molecule has 1 aromatic heterocycles. The maximum atomic E-state index is 5.93. The average Bonchev–Trinajstić information content (AvgIpc) is 2.72. The fourth-order valence-electron chi connectivity index (χ4n) is 2.07. The van der Waals surface area contributed by atoms with Gasteiger partial charge in [-0.15, -0.1) is 0 Å². The zero-order valence-electron chi connectivity index (χ0n) is 11.1. The van der Waals surface area contributed by atoms with Gasteiger partial charge in [-0.3, -0.25) is 4.68 Å². The number of aromatic nitrogens is 2. The van der Waals surface area contributed by atoms with Crippen LogP contribution >= 0.6 is 0 Å². The minimum absolute atomic E-state index is 0.651. The zero-order valence-corrected chi connectivity index (χ0v) is 11.1. The normalized spacial score (nSPS) is 10.6. The van der Waals surface area contributed by atoms with Gasteiger partial charge in [0.05, 0.1) is 19.0 Å². The van der Waals surface area contributed by atoms with Crippen molar-refractivity contribution >= 4 is 5.69 Å². The highest BCUT2D eigenvalue weighted by atomic mass is 16.5. The van der Waals surface area contributed by atoms with Gasteiger partial charge in [-0.2, -0.15) is 5.10 Å². The minimum Gasteiger partial charge on any atom is -0.495 e. The van der Waals surface area contributed by atoms with Crippen LogP contribution < -0.4 is 10.5 Å². The minimum atomic E-state index is 0.651. The van der Waals surface area contributed by atoms with E-state index in [-0.39, 0.29) is 0 Å². The monoisotopic (exact) mass is 245 g/mol. The van der Waals surface area contributed by atoms with Crippen molar-refractivity contribution in [2.75, 3.05) is 12.8 Å². The summed E-state index contributed by atoms with van der Waals surface area (Å²) in [7, 11) is 1.62. The summed E-state index contributed by atoms with van der Waals surface area (Å²) < 4.78 is 7.19. The van der Waals surface area contributed by atoms with Crippen LogP contribution in [0, 0.1) is 6.92 Å². The third-order valence-corrected chi connectivity index (χ3v) is 3.08. The van der Waals surface area contributed by atoms with E-state index in [1.54, 1.807) is 7.11 Å². The lowest BCUT2D eigenvalue weighted by Gasteiger charge is -2.07. The van der Waals surface area contributed by atoms with E-state index in [0.29, 0.717) is 11.4 Å². The predicted octanol–water partition coefficient (Wildman–Crippen LogP) is 2.86. The summed E-state index contributed by atoms with van der Waals surface area (Å²) in [5, 5.41) is 4.40. The van der Waals surface area contributed by atoms with Crippen molar-refractivity contribution in [2.45, 2.75) is 26.8 Å². The van der Waals surface area contributed by atoms with Crippen molar-refractivity contribution < 1.29 is 4.74 Å². The Labute approximate surface area is 107 Å². The van der Waals surface area contributed by atoms with Gasteiger partial charge in [0.25, 0.3) is 0 Å². The van der Waals surface area contributed by atoms with Crippen LogP contribution in [0.25, 0.3) is 11.1 Å². The lowest BCUT2D eigenvalue weighted by molar-refractivity contribution is 0.417. The fraction of sp³-hybridized carbons (Fsp3) is 0.357. The number of ether oxygens (including phenoxy) is 1. The molecule has 0 amide bonds. The quantitative estimate of drug-likeness (QED) is 0.843. The molecule has 0 aliphatic rings. The number of nitrogens with zero attached hydrogens (tertiary/aromatic N) is 2. The van der Waals surface area contributed by atoms with Crippen LogP contribution in [-0.4, -0.2) is 16.9 Å². The molecule has 0 saturated carbocycles. The van der Waals surface area contributed by atoms with Gasteiger partial charge in [0.2, 0.25) is 0 Å². The smallest absolute Gasteiger partial charge is 0.141 e. The second-order valence-electron chi connectivity index (χ2n) is 4.32. The van der Waals surface area contributed by atoms with Crippen molar-refractivity contribution in [2.24, 2.45) is 0 Å². The van der Waals surface area contributed by atoms with Gasteiger partial charge in [-0.05, 0) is 31.0 Å². The van der Waals surface area contributed by atoms with Crippen molar-refractivity contribution in [3.05, 3.63) is 30.1 Å². The third-order valence-electron chi connectivity index (χ3n) is 3.08. The molecule has 0 atom stereocenters. The van der Waals surface area contributed by atoms with Crippen molar-refractivity contribution in [3.63, 3.8) is 0 Å². The number of hydrogen-bond acceptors (Lipinski definition) is 3. The highest BCUT2D eigenvalue weighted by Crippen LogP contribution is 2.29. The summed E-state index contributed by atoms with van der Waals surface area (Å²) in [6, 6.07) is 5.83. The number of methoxy groups -OCH3 is 1. The number of benzene rings is 1. The molecule has 18 heavy (non-hydrogen) atoms. The number of aryl methyl sites for hydroxylation is 1. The molecule has 4 heteroatoms. The van der Waals surface area contributed by atoms with Gasteiger partial charge in [0.15, 0.2) is 0 Å². The van der Waals surface area contributed by atoms with Crippen molar-refractivity contribution in [1.29, 1.82) is 0 Å². The largest absolute Gasteiger partial charge is 0.495 e. The van der Waals surface area contributed by atoms with Gasteiger partial charge in [0.1, 0.15) is 5.75 Å². The molecule has 0 bridgehead atoms. The molecule has 2 rings (SSSR count). The topological polar surface area (TPSA) is 53.1 Å². The van der Waals surface area contributed by atoms with Crippen LogP contribution in [0.1, 0.15) is 19.0 Å². The summed E-state index contributed by atoms with van der Waals surface area (Å²) in [5.41, 5.74) is 9.95. The molecule has 96 valence electrons. The molecule has 0 saturated heterocycles. The molecule has 2 N–H and O–H groups in total. The van der Waals surface area contributed by atoms with Crippen LogP contribution in [0.3, 0.4) is 0 Å². The van der Waals surface area contributed by atoms with Crippen molar-refractivity contribution in [1.82, 2.24) is 9.78 Å². The molecular weight excluding hydrogens is 226 g/mol. The molecule has 1 aromatic carbocycles. The van der Waals surface area contributed by atoms with E-state index in [0.717, 1.165) is 24.1 Å². The van der Waals surface area contributed by atoms with E-state index in [1.165, 1.54) is 5.69 Å². The van der Waals surface area contributed by atoms with Crippen LogP contribution in [0.2, 0.25) is 0 Å². The van der Waals surface area contributed by atoms with E-state index in [4.69, 9.17) is 10.5 Å². The third kappa shape index (κ3) is 2.18. The molecular formula is C14H19N3O. The molecule has 1 heterocycles. The van der Waals surface area contributed by atoms with Gasteiger partial charge in [-0.25, -0.2) is 0 Å². The average molecular weight is 245 g/mol. The van der Waals surface area contributed by atoms with E-state index < -0.39 is 0 Å². The van der Waals surface area contributed by atoms with Gasteiger partial charge < -0.3 is 10.5 Å². The first kappa shape index (κ1) is 12.5. The first-order chi connectivity index (χ1) is 8.67. The molecule has 0 fully saturated rings. The molecule has 0 spiro atoms.